The van der Waals surface area contributed by atoms with Gasteiger partial charge >= 0.3 is 0 Å². The van der Waals surface area contributed by atoms with Gasteiger partial charge in [0.05, 0.1) is 27.2 Å². The minimum Gasteiger partial charge on any atom is -0.497 e. The van der Waals surface area contributed by atoms with E-state index in [2.05, 4.69) is 26.3 Å². The summed E-state index contributed by atoms with van der Waals surface area (Å²) in [6.45, 7) is -0.472. The van der Waals surface area contributed by atoms with Crippen molar-refractivity contribution in [2.45, 2.75) is 49.2 Å². The molecule has 214 valence electrons. The number of benzene rings is 2. The molecule has 0 bridgehead atoms. The number of aliphatic hydroxyl groups excluding tert-OH is 2. The monoisotopic (exact) mass is 560 g/mol. The summed E-state index contributed by atoms with van der Waals surface area (Å²) < 4.78 is 19.1. The number of carbonyl (C=O) groups excluding carboxylic acids is 1. The van der Waals surface area contributed by atoms with Gasteiger partial charge in [-0.3, -0.25) is 9.36 Å². The molecule has 1 saturated heterocycles. The molecule has 1 aliphatic heterocycles. The van der Waals surface area contributed by atoms with Crippen molar-refractivity contribution in [1.29, 1.82) is 0 Å². The van der Waals surface area contributed by atoms with E-state index in [0.717, 1.165) is 24.0 Å². The van der Waals surface area contributed by atoms with Crippen LogP contribution in [0.4, 0.5) is 5.82 Å². The molecule has 2 aromatic carbocycles. The third-order valence-electron chi connectivity index (χ3n) is 8.20. The lowest BCUT2D eigenvalue weighted by molar-refractivity contribution is -0.139. The lowest BCUT2D eigenvalue weighted by atomic mass is 9.73. The summed E-state index contributed by atoms with van der Waals surface area (Å²) in [4.78, 5) is 26.9. The number of aromatic nitrogens is 4. The fourth-order valence-electron chi connectivity index (χ4n) is 6.31. The highest BCUT2D eigenvalue weighted by Crippen LogP contribution is 2.51. The highest BCUT2D eigenvalue weighted by atomic mass is 16.6. The molecule has 4 aromatic rings. The Morgan fingerprint density at radius 2 is 1.93 bits per heavy atom. The van der Waals surface area contributed by atoms with Crippen molar-refractivity contribution in [3.8, 4) is 11.5 Å². The van der Waals surface area contributed by atoms with Crippen molar-refractivity contribution < 1.29 is 29.2 Å². The van der Waals surface area contributed by atoms with E-state index < -0.39 is 36.5 Å². The number of carbonyl (C=O) groups is 1. The number of nitrogens with one attached hydrogen (secondary N) is 1. The Morgan fingerprint density at radius 1 is 1.17 bits per heavy atom. The second kappa shape index (κ2) is 10.6. The van der Waals surface area contributed by atoms with E-state index in [4.69, 9.17) is 19.9 Å². The second-order valence-electron chi connectivity index (χ2n) is 10.3. The minimum absolute atomic E-state index is 0.189. The third-order valence-corrected chi connectivity index (χ3v) is 8.20. The number of nitrogens with two attached hydrogens (primary N) is 1. The Bertz CT molecular complexity index is 1570. The number of aliphatic hydroxyl groups is 2. The van der Waals surface area contributed by atoms with Crippen molar-refractivity contribution in [1.82, 2.24) is 24.8 Å². The zero-order valence-corrected chi connectivity index (χ0v) is 22.7. The molecule has 5 atom stereocenters. The lowest BCUT2D eigenvalue weighted by Crippen LogP contribution is -2.58. The average molecular weight is 561 g/mol. The minimum atomic E-state index is -1.43. The molecule has 6 rings (SSSR count). The van der Waals surface area contributed by atoms with E-state index in [1.807, 2.05) is 18.2 Å². The normalized spacial score (nSPS) is 25.6. The molecule has 0 spiro atoms. The maximum absolute atomic E-state index is 13.9. The average Bonchev–Trinajstić information content (AvgIpc) is 3.57. The zero-order valence-electron chi connectivity index (χ0n) is 22.7. The molecule has 5 N–H and O–H groups in total. The van der Waals surface area contributed by atoms with Crippen LogP contribution in [0.25, 0.3) is 11.2 Å². The molecule has 12 heteroatoms. The number of nitrogen functional groups attached to an aromatic ring is 1. The Balaban J connectivity index is 1.55. The van der Waals surface area contributed by atoms with Gasteiger partial charge in [-0.15, -0.1) is 0 Å². The third kappa shape index (κ3) is 4.35. The second-order valence-corrected chi connectivity index (χ2v) is 10.3. The molecule has 0 saturated carbocycles. The summed E-state index contributed by atoms with van der Waals surface area (Å²) in [6.07, 6.45) is 3.02. The smallest absolute Gasteiger partial charge is 0.252 e. The Kier molecular flexibility index (Phi) is 6.98. The topological polar surface area (TPSA) is 167 Å². The van der Waals surface area contributed by atoms with Crippen molar-refractivity contribution >= 4 is 22.9 Å². The fourth-order valence-corrected chi connectivity index (χ4v) is 6.31. The van der Waals surface area contributed by atoms with Crippen molar-refractivity contribution in [2.75, 3.05) is 26.6 Å². The van der Waals surface area contributed by atoms with Crippen LogP contribution in [0.1, 0.15) is 40.2 Å². The van der Waals surface area contributed by atoms with Gasteiger partial charge in [-0.05, 0) is 42.5 Å². The van der Waals surface area contributed by atoms with Crippen LogP contribution in [0.2, 0.25) is 0 Å². The van der Waals surface area contributed by atoms with Gasteiger partial charge in [0.1, 0.15) is 41.6 Å². The first kappa shape index (κ1) is 26.9. The number of hydrogen-bond acceptors (Lipinski definition) is 10. The van der Waals surface area contributed by atoms with Crippen LogP contribution in [0.3, 0.4) is 0 Å². The van der Waals surface area contributed by atoms with Gasteiger partial charge in [0.2, 0.25) is 0 Å². The number of fused-ring (bicyclic) bond motifs is 2. The van der Waals surface area contributed by atoms with Crippen LogP contribution in [-0.4, -0.2) is 74.7 Å². The molecular formula is C29H32N6O6. The number of rotatable bonds is 7. The Morgan fingerprint density at radius 3 is 2.66 bits per heavy atom. The lowest BCUT2D eigenvalue weighted by Gasteiger charge is -2.45. The summed E-state index contributed by atoms with van der Waals surface area (Å²) in [5, 5.41) is 25.0. The van der Waals surface area contributed by atoms with E-state index in [1.54, 1.807) is 29.1 Å². The number of hydrogen-bond donors (Lipinski definition) is 4. The van der Waals surface area contributed by atoms with E-state index in [0.29, 0.717) is 29.1 Å². The molecule has 3 heterocycles. The molecule has 12 nitrogen and oxygen atoms in total. The van der Waals surface area contributed by atoms with Gasteiger partial charge < -0.3 is 35.5 Å². The van der Waals surface area contributed by atoms with Crippen LogP contribution in [0.5, 0.6) is 11.5 Å². The van der Waals surface area contributed by atoms with Gasteiger partial charge in [-0.25, -0.2) is 15.0 Å². The number of nitrogens with zero attached hydrogens (tertiary/aromatic N) is 4. The zero-order chi connectivity index (χ0) is 28.7. The molecule has 2 aromatic heterocycles. The first-order valence-electron chi connectivity index (χ1n) is 13.4. The first-order chi connectivity index (χ1) is 19.9. The number of anilines is 1. The number of aryl methyl sites for hydroxylation is 1. The van der Waals surface area contributed by atoms with Gasteiger partial charge in [0, 0.05) is 17.5 Å². The Hall–Kier alpha value is -4.26. The molecule has 1 aliphatic carbocycles. The first-order valence-corrected chi connectivity index (χ1v) is 13.4. The molecule has 1 amide bonds. The largest absolute Gasteiger partial charge is 0.497 e. The predicted molar refractivity (Wildman–Crippen MR) is 149 cm³/mol. The van der Waals surface area contributed by atoms with Crippen molar-refractivity contribution in [3.05, 3.63) is 71.8 Å². The summed E-state index contributed by atoms with van der Waals surface area (Å²) in [7, 11) is 3.00. The maximum atomic E-state index is 13.9. The quantitative estimate of drug-likeness (QED) is 0.261. The van der Waals surface area contributed by atoms with E-state index in [1.165, 1.54) is 20.5 Å². The van der Waals surface area contributed by atoms with Crippen LogP contribution in [0, 0.1) is 0 Å². The SMILES string of the molecule is COc1cc(OC)cc(C(=O)N[C@@H]2[C@H](O)[C@@H](CO)O[C@@]2(C2CCCc3ccccc32)n2cnc3c(N)ncnc32)c1. The van der Waals surface area contributed by atoms with E-state index in [9.17, 15) is 15.0 Å². The van der Waals surface area contributed by atoms with Crippen LogP contribution in [-0.2, 0) is 16.9 Å². The number of amides is 1. The van der Waals surface area contributed by atoms with E-state index in [-0.39, 0.29) is 17.3 Å². The summed E-state index contributed by atoms with van der Waals surface area (Å²) in [6, 6.07) is 11.9. The molecule has 1 unspecified atom stereocenters. The van der Waals surface area contributed by atoms with Gasteiger partial charge in [0.25, 0.3) is 5.91 Å². The maximum Gasteiger partial charge on any atom is 0.252 e. The number of imidazole rings is 1. The van der Waals surface area contributed by atoms with Crippen LogP contribution >= 0.6 is 0 Å². The predicted octanol–water partition coefficient (Wildman–Crippen LogP) is 1.75. The standard InChI is InChI=1S/C29H32N6O6/c1-39-18-10-17(11-19(12-18)40-2)28(38)34-25-24(37)22(13-36)41-29(25,21-9-5-7-16-6-3-4-8-20(16)21)35-15-33-23-26(30)31-14-32-27(23)35/h3-4,6,8,10-12,14-15,21-22,24-25,36-37H,5,7,9,13H2,1-2H3,(H,34,38)(H2,30,31,32)/t21?,22-,24-,25-,29-/m1/s1. The molecule has 0 radical (unpaired) electrons. The summed E-state index contributed by atoms with van der Waals surface area (Å²) in [5.74, 6) is 0.226. The van der Waals surface area contributed by atoms with Crippen LogP contribution in [0.15, 0.2) is 55.1 Å². The van der Waals surface area contributed by atoms with Gasteiger partial charge in [0.15, 0.2) is 17.2 Å². The van der Waals surface area contributed by atoms with Crippen LogP contribution < -0.4 is 20.5 Å². The van der Waals surface area contributed by atoms with Crippen molar-refractivity contribution in [2.24, 2.45) is 0 Å². The molecule has 2 aliphatic rings. The summed E-state index contributed by atoms with van der Waals surface area (Å²) >= 11 is 0. The Labute approximate surface area is 236 Å². The fraction of sp³-hybridized carbons (Fsp3) is 0.379. The summed E-state index contributed by atoms with van der Waals surface area (Å²) in [5.41, 5.74) is 7.89. The van der Waals surface area contributed by atoms with Gasteiger partial charge in [-0.1, -0.05) is 24.3 Å². The molecule has 1 fully saturated rings. The van der Waals surface area contributed by atoms with Gasteiger partial charge in [-0.2, -0.15) is 0 Å². The number of ether oxygens (including phenoxy) is 3. The number of methoxy groups -OCH3 is 2. The molecule has 41 heavy (non-hydrogen) atoms. The highest BCUT2D eigenvalue weighted by molar-refractivity contribution is 5.95. The highest BCUT2D eigenvalue weighted by Gasteiger charge is 2.61. The molecular weight excluding hydrogens is 528 g/mol. The van der Waals surface area contributed by atoms with E-state index >= 15 is 0 Å². The van der Waals surface area contributed by atoms with Crippen molar-refractivity contribution in [3.63, 3.8) is 0 Å².